The van der Waals surface area contributed by atoms with Gasteiger partial charge in [-0.1, -0.05) is 26.7 Å². The van der Waals surface area contributed by atoms with E-state index in [9.17, 15) is 0 Å². The van der Waals surface area contributed by atoms with Crippen LogP contribution in [-0.4, -0.2) is 25.6 Å². The van der Waals surface area contributed by atoms with Crippen molar-refractivity contribution in [2.24, 2.45) is 16.8 Å². The fraction of sp³-hybridized carbons (Fsp3) is 0.917. The van der Waals surface area contributed by atoms with Crippen molar-refractivity contribution in [1.29, 1.82) is 0 Å². The summed E-state index contributed by atoms with van der Waals surface area (Å²) in [4.78, 5) is 4.22. The van der Waals surface area contributed by atoms with Crippen LogP contribution in [0.3, 0.4) is 0 Å². The van der Waals surface area contributed by atoms with E-state index in [4.69, 9.17) is 0 Å². The first-order valence-electron chi connectivity index (χ1n) is 6.10. The zero-order valence-corrected chi connectivity index (χ0v) is 13.2. The number of guanidine groups is 1. The largest absolute Gasteiger partial charge is 0.356 e. The fourth-order valence-electron chi connectivity index (χ4n) is 1.38. The molecule has 0 spiro atoms. The van der Waals surface area contributed by atoms with Gasteiger partial charge in [0, 0.05) is 19.6 Å². The summed E-state index contributed by atoms with van der Waals surface area (Å²) in [6.07, 6.45) is 4.14. The summed E-state index contributed by atoms with van der Waals surface area (Å²) in [5.74, 6) is 2.56. The normalized spacial score (nSPS) is 17.9. The molecule has 16 heavy (non-hydrogen) atoms. The summed E-state index contributed by atoms with van der Waals surface area (Å²) in [5.41, 5.74) is 0. The van der Waals surface area contributed by atoms with Crippen LogP contribution in [0.25, 0.3) is 0 Å². The van der Waals surface area contributed by atoms with Gasteiger partial charge in [-0.25, -0.2) is 0 Å². The van der Waals surface area contributed by atoms with E-state index in [1.807, 2.05) is 7.05 Å². The molecule has 0 amide bonds. The SMILES string of the molecule is CN=C(NCCC1CC1)NC(C)C(C)C.I. The van der Waals surface area contributed by atoms with Crippen molar-refractivity contribution in [1.82, 2.24) is 10.6 Å². The van der Waals surface area contributed by atoms with Crippen molar-refractivity contribution in [2.75, 3.05) is 13.6 Å². The molecule has 96 valence electrons. The van der Waals surface area contributed by atoms with Crippen LogP contribution in [0.4, 0.5) is 0 Å². The first kappa shape index (κ1) is 16.0. The molecule has 1 atom stereocenters. The Bertz CT molecular complexity index is 212. The van der Waals surface area contributed by atoms with Gasteiger partial charge in [-0.2, -0.15) is 0 Å². The lowest BCUT2D eigenvalue weighted by Gasteiger charge is -2.20. The minimum atomic E-state index is 0. The van der Waals surface area contributed by atoms with Gasteiger partial charge in [0.15, 0.2) is 5.96 Å². The van der Waals surface area contributed by atoms with Crippen LogP contribution >= 0.6 is 24.0 Å². The lowest BCUT2D eigenvalue weighted by atomic mass is 10.1. The third kappa shape index (κ3) is 6.55. The molecular formula is C12H26IN3. The van der Waals surface area contributed by atoms with Crippen LogP contribution in [0.5, 0.6) is 0 Å². The number of nitrogens with zero attached hydrogens (tertiary/aromatic N) is 1. The molecule has 2 N–H and O–H groups in total. The second kappa shape index (κ2) is 8.14. The van der Waals surface area contributed by atoms with Gasteiger partial charge >= 0.3 is 0 Å². The van der Waals surface area contributed by atoms with E-state index in [0.29, 0.717) is 12.0 Å². The summed E-state index contributed by atoms with van der Waals surface area (Å²) in [5, 5.41) is 6.76. The minimum absolute atomic E-state index is 0. The molecule has 1 rings (SSSR count). The Morgan fingerprint density at radius 2 is 1.94 bits per heavy atom. The number of rotatable bonds is 5. The van der Waals surface area contributed by atoms with Gasteiger partial charge in [0.05, 0.1) is 0 Å². The quantitative estimate of drug-likeness (QED) is 0.459. The average Bonchev–Trinajstić information content (AvgIpc) is 2.99. The molecule has 1 unspecified atom stereocenters. The molecule has 3 nitrogen and oxygen atoms in total. The summed E-state index contributed by atoms with van der Waals surface area (Å²) in [7, 11) is 1.83. The predicted molar refractivity (Wildman–Crippen MR) is 81.6 cm³/mol. The van der Waals surface area contributed by atoms with Gasteiger partial charge in [-0.05, 0) is 25.2 Å². The smallest absolute Gasteiger partial charge is 0.191 e. The number of hydrogen-bond acceptors (Lipinski definition) is 1. The maximum absolute atomic E-state index is 4.22. The molecule has 1 aliphatic carbocycles. The Kier molecular flexibility index (Phi) is 8.14. The summed E-state index contributed by atoms with van der Waals surface area (Å²) in [6, 6.07) is 0.470. The molecule has 0 aromatic heterocycles. The zero-order chi connectivity index (χ0) is 11.3. The highest BCUT2D eigenvalue weighted by molar-refractivity contribution is 14.0. The predicted octanol–water partition coefficient (Wildman–Crippen LogP) is 2.61. The number of halogens is 1. The molecule has 0 aromatic rings. The Hall–Kier alpha value is 0. The van der Waals surface area contributed by atoms with Crippen molar-refractivity contribution in [2.45, 2.75) is 46.1 Å². The second-order valence-corrected chi connectivity index (χ2v) is 4.91. The third-order valence-electron chi connectivity index (χ3n) is 3.13. The van der Waals surface area contributed by atoms with Crippen LogP contribution in [0.15, 0.2) is 4.99 Å². The number of aliphatic imine (C=N–C) groups is 1. The van der Waals surface area contributed by atoms with Gasteiger partial charge < -0.3 is 10.6 Å². The van der Waals surface area contributed by atoms with Gasteiger partial charge in [0.2, 0.25) is 0 Å². The van der Waals surface area contributed by atoms with Gasteiger partial charge in [0.1, 0.15) is 0 Å². The lowest BCUT2D eigenvalue weighted by molar-refractivity contribution is 0.480. The zero-order valence-electron chi connectivity index (χ0n) is 10.9. The number of nitrogens with one attached hydrogen (secondary N) is 2. The molecular weight excluding hydrogens is 313 g/mol. The van der Waals surface area contributed by atoms with E-state index in [-0.39, 0.29) is 24.0 Å². The Balaban J connectivity index is 0.00000225. The van der Waals surface area contributed by atoms with E-state index < -0.39 is 0 Å². The minimum Gasteiger partial charge on any atom is -0.356 e. The Labute approximate surface area is 117 Å². The van der Waals surface area contributed by atoms with Crippen molar-refractivity contribution >= 4 is 29.9 Å². The van der Waals surface area contributed by atoms with Crippen LogP contribution in [-0.2, 0) is 0 Å². The van der Waals surface area contributed by atoms with Crippen molar-refractivity contribution in [3.63, 3.8) is 0 Å². The van der Waals surface area contributed by atoms with Crippen LogP contribution < -0.4 is 10.6 Å². The highest BCUT2D eigenvalue weighted by Gasteiger charge is 2.20. The summed E-state index contributed by atoms with van der Waals surface area (Å²) in [6.45, 7) is 7.68. The highest BCUT2D eigenvalue weighted by Crippen LogP contribution is 2.31. The highest BCUT2D eigenvalue weighted by atomic mass is 127. The molecule has 4 heteroatoms. The molecule has 0 bridgehead atoms. The van der Waals surface area contributed by atoms with E-state index in [0.717, 1.165) is 18.4 Å². The van der Waals surface area contributed by atoms with Crippen LogP contribution in [0.1, 0.15) is 40.0 Å². The van der Waals surface area contributed by atoms with Gasteiger partial charge in [-0.3, -0.25) is 4.99 Å². The second-order valence-electron chi connectivity index (χ2n) is 4.91. The standard InChI is InChI=1S/C12H25N3.HI/c1-9(2)10(3)15-12(13-4)14-8-7-11-5-6-11;/h9-11H,5-8H2,1-4H3,(H2,13,14,15);1H. The number of hydrogen-bond donors (Lipinski definition) is 2. The molecule has 0 aliphatic heterocycles. The van der Waals surface area contributed by atoms with E-state index in [1.165, 1.54) is 19.3 Å². The van der Waals surface area contributed by atoms with Crippen LogP contribution in [0.2, 0.25) is 0 Å². The molecule has 0 aromatic carbocycles. The van der Waals surface area contributed by atoms with Gasteiger partial charge in [-0.15, -0.1) is 24.0 Å². The maximum Gasteiger partial charge on any atom is 0.191 e. The molecule has 0 radical (unpaired) electrons. The van der Waals surface area contributed by atoms with E-state index >= 15 is 0 Å². The fourth-order valence-corrected chi connectivity index (χ4v) is 1.38. The van der Waals surface area contributed by atoms with Crippen molar-refractivity contribution in [3.8, 4) is 0 Å². The van der Waals surface area contributed by atoms with Gasteiger partial charge in [0.25, 0.3) is 0 Å². The molecule has 1 aliphatic rings. The van der Waals surface area contributed by atoms with E-state index in [1.54, 1.807) is 0 Å². The first-order chi connectivity index (χ1) is 7.13. The topological polar surface area (TPSA) is 36.4 Å². The summed E-state index contributed by atoms with van der Waals surface area (Å²) < 4.78 is 0. The van der Waals surface area contributed by atoms with Crippen molar-refractivity contribution in [3.05, 3.63) is 0 Å². The lowest BCUT2D eigenvalue weighted by Crippen LogP contribution is -2.44. The third-order valence-corrected chi connectivity index (χ3v) is 3.13. The molecule has 1 fully saturated rings. The summed E-state index contributed by atoms with van der Waals surface area (Å²) >= 11 is 0. The maximum atomic E-state index is 4.22. The Morgan fingerprint density at radius 1 is 1.31 bits per heavy atom. The molecule has 1 saturated carbocycles. The first-order valence-corrected chi connectivity index (χ1v) is 6.10. The van der Waals surface area contributed by atoms with Crippen LogP contribution in [0, 0.1) is 11.8 Å². The Morgan fingerprint density at radius 3 is 2.38 bits per heavy atom. The molecule has 0 saturated heterocycles. The van der Waals surface area contributed by atoms with Crippen molar-refractivity contribution < 1.29 is 0 Å². The average molecular weight is 339 g/mol. The monoisotopic (exact) mass is 339 g/mol. The van der Waals surface area contributed by atoms with E-state index in [2.05, 4.69) is 36.4 Å². The molecule has 0 heterocycles.